The van der Waals surface area contributed by atoms with E-state index < -0.39 is 0 Å². The van der Waals surface area contributed by atoms with E-state index in [0.717, 1.165) is 21.0 Å². The Labute approximate surface area is 103 Å². The van der Waals surface area contributed by atoms with Gasteiger partial charge in [-0.25, -0.2) is 4.98 Å². The average molecular weight is 250 g/mol. The SMILES string of the molecule is CC(=O)NCCNc1nc2ccc(N)cc2s1. The normalized spacial score (nSPS) is 10.4. The van der Waals surface area contributed by atoms with Crippen molar-refractivity contribution in [1.82, 2.24) is 10.3 Å². The average Bonchev–Trinajstić information content (AvgIpc) is 2.66. The lowest BCUT2D eigenvalue weighted by Crippen LogP contribution is -2.26. The number of nitrogens with one attached hydrogen (secondary N) is 2. The van der Waals surface area contributed by atoms with E-state index in [9.17, 15) is 4.79 Å². The van der Waals surface area contributed by atoms with Crippen molar-refractivity contribution in [3.8, 4) is 0 Å². The van der Waals surface area contributed by atoms with Gasteiger partial charge in [0.25, 0.3) is 0 Å². The Morgan fingerprint density at radius 1 is 1.47 bits per heavy atom. The third kappa shape index (κ3) is 3.07. The third-order valence-electron chi connectivity index (χ3n) is 2.19. The Morgan fingerprint density at radius 3 is 3.06 bits per heavy atom. The van der Waals surface area contributed by atoms with Crippen molar-refractivity contribution >= 4 is 38.3 Å². The summed E-state index contributed by atoms with van der Waals surface area (Å²) in [6.45, 7) is 2.75. The van der Waals surface area contributed by atoms with Gasteiger partial charge < -0.3 is 16.4 Å². The van der Waals surface area contributed by atoms with E-state index in [4.69, 9.17) is 5.73 Å². The van der Waals surface area contributed by atoms with E-state index in [0.29, 0.717) is 13.1 Å². The number of nitrogen functional groups attached to an aromatic ring is 1. The maximum absolute atomic E-state index is 10.7. The number of hydrogen-bond acceptors (Lipinski definition) is 5. The number of benzene rings is 1. The van der Waals surface area contributed by atoms with Gasteiger partial charge in [0.1, 0.15) is 0 Å². The van der Waals surface area contributed by atoms with Crippen LogP contribution in [0.3, 0.4) is 0 Å². The molecule has 0 atom stereocenters. The van der Waals surface area contributed by atoms with Crippen molar-refractivity contribution in [3.05, 3.63) is 18.2 Å². The molecule has 1 aromatic heterocycles. The molecule has 5 nitrogen and oxygen atoms in total. The predicted molar refractivity (Wildman–Crippen MR) is 71.2 cm³/mol. The summed E-state index contributed by atoms with van der Waals surface area (Å²) in [4.78, 5) is 15.1. The van der Waals surface area contributed by atoms with Crippen LogP contribution in [0.4, 0.5) is 10.8 Å². The number of aromatic nitrogens is 1. The van der Waals surface area contributed by atoms with E-state index in [1.54, 1.807) is 11.3 Å². The first-order valence-electron chi connectivity index (χ1n) is 5.29. The van der Waals surface area contributed by atoms with Crippen molar-refractivity contribution in [2.24, 2.45) is 0 Å². The first-order chi connectivity index (χ1) is 8.15. The fourth-order valence-electron chi connectivity index (χ4n) is 1.42. The van der Waals surface area contributed by atoms with Crippen molar-refractivity contribution in [2.75, 3.05) is 24.1 Å². The zero-order valence-electron chi connectivity index (χ0n) is 9.49. The van der Waals surface area contributed by atoms with Crippen LogP contribution in [0.15, 0.2) is 18.2 Å². The Balaban J connectivity index is 1.97. The molecular formula is C11H14N4OS. The number of nitrogens with two attached hydrogens (primary N) is 1. The Bertz CT molecular complexity index is 537. The van der Waals surface area contributed by atoms with Crippen LogP contribution in [-0.2, 0) is 4.79 Å². The maximum atomic E-state index is 10.7. The van der Waals surface area contributed by atoms with Crippen LogP contribution in [0.5, 0.6) is 0 Å². The number of fused-ring (bicyclic) bond motifs is 1. The number of nitrogens with zero attached hydrogens (tertiary/aromatic N) is 1. The van der Waals surface area contributed by atoms with E-state index in [2.05, 4.69) is 15.6 Å². The molecule has 0 saturated heterocycles. The van der Waals surface area contributed by atoms with Crippen molar-refractivity contribution in [1.29, 1.82) is 0 Å². The highest BCUT2D eigenvalue weighted by molar-refractivity contribution is 7.22. The minimum atomic E-state index is -0.0242. The molecule has 0 radical (unpaired) electrons. The summed E-state index contributed by atoms with van der Waals surface area (Å²) in [5.41, 5.74) is 7.38. The molecule has 0 saturated carbocycles. The molecule has 90 valence electrons. The fourth-order valence-corrected chi connectivity index (χ4v) is 2.36. The lowest BCUT2D eigenvalue weighted by atomic mass is 10.3. The van der Waals surface area contributed by atoms with Crippen LogP contribution in [-0.4, -0.2) is 24.0 Å². The Hall–Kier alpha value is -1.82. The van der Waals surface area contributed by atoms with Crippen LogP contribution >= 0.6 is 11.3 Å². The molecule has 2 rings (SSSR count). The second kappa shape index (κ2) is 5.01. The number of anilines is 2. The Morgan fingerprint density at radius 2 is 2.29 bits per heavy atom. The fraction of sp³-hybridized carbons (Fsp3) is 0.273. The van der Waals surface area contributed by atoms with Gasteiger partial charge in [-0.15, -0.1) is 0 Å². The lowest BCUT2D eigenvalue weighted by Gasteiger charge is -2.02. The molecule has 1 amide bonds. The molecule has 4 N–H and O–H groups in total. The Kier molecular flexibility index (Phi) is 3.43. The van der Waals surface area contributed by atoms with Gasteiger partial charge in [0.15, 0.2) is 5.13 Å². The molecule has 1 heterocycles. The monoisotopic (exact) mass is 250 g/mol. The van der Waals surface area contributed by atoms with Crippen molar-refractivity contribution in [3.63, 3.8) is 0 Å². The smallest absolute Gasteiger partial charge is 0.216 e. The molecule has 0 fully saturated rings. The van der Waals surface area contributed by atoms with Gasteiger partial charge in [-0.2, -0.15) is 0 Å². The predicted octanol–water partition coefficient (Wildman–Crippen LogP) is 1.43. The molecule has 1 aromatic carbocycles. The van der Waals surface area contributed by atoms with Crippen LogP contribution in [0.25, 0.3) is 10.2 Å². The minimum Gasteiger partial charge on any atom is -0.399 e. The first-order valence-corrected chi connectivity index (χ1v) is 6.11. The summed E-state index contributed by atoms with van der Waals surface area (Å²) < 4.78 is 1.06. The summed E-state index contributed by atoms with van der Waals surface area (Å²) in [6.07, 6.45) is 0. The third-order valence-corrected chi connectivity index (χ3v) is 3.16. The first kappa shape index (κ1) is 11.7. The van der Waals surface area contributed by atoms with E-state index in [1.165, 1.54) is 6.92 Å². The standard InChI is InChI=1S/C11H14N4OS/c1-7(16)13-4-5-14-11-15-9-3-2-8(12)6-10(9)17-11/h2-3,6H,4-5,12H2,1H3,(H,13,16)(H,14,15). The largest absolute Gasteiger partial charge is 0.399 e. The van der Waals surface area contributed by atoms with Crippen LogP contribution < -0.4 is 16.4 Å². The molecule has 0 aliphatic carbocycles. The van der Waals surface area contributed by atoms with Gasteiger partial charge in [0.2, 0.25) is 5.91 Å². The molecule has 2 aromatic rings. The minimum absolute atomic E-state index is 0.0242. The van der Waals surface area contributed by atoms with Gasteiger partial charge in [-0.1, -0.05) is 11.3 Å². The molecule has 0 aliphatic rings. The highest BCUT2D eigenvalue weighted by atomic mass is 32.1. The number of hydrogen-bond donors (Lipinski definition) is 3. The molecule has 0 aliphatic heterocycles. The van der Waals surface area contributed by atoms with E-state index in [1.807, 2.05) is 18.2 Å². The molecule has 0 unspecified atom stereocenters. The van der Waals surface area contributed by atoms with Crippen LogP contribution in [0.2, 0.25) is 0 Å². The number of rotatable bonds is 4. The van der Waals surface area contributed by atoms with Gasteiger partial charge in [0.05, 0.1) is 10.2 Å². The number of thiazole rings is 1. The highest BCUT2D eigenvalue weighted by Gasteiger charge is 2.03. The van der Waals surface area contributed by atoms with Crippen molar-refractivity contribution in [2.45, 2.75) is 6.92 Å². The summed E-state index contributed by atoms with van der Waals surface area (Å²) in [7, 11) is 0. The molecular weight excluding hydrogens is 236 g/mol. The summed E-state index contributed by atoms with van der Waals surface area (Å²) >= 11 is 1.56. The number of carbonyl (C=O) groups is 1. The van der Waals surface area contributed by atoms with Gasteiger partial charge in [-0.05, 0) is 18.2 Å². The topological polar surface area (TPSA) is 80.0 Å². The zero-order valence-corrected chi connectivity index (χ0v) is 10.3. The summed E-state index contributed by atoms with van der Waals surface area (Å²) in [5, 5.41) is 6.72. The van der Waals surface area contributed by atoms with E-state index in [-0.39, 0.29) is 5.91 Å². The van der Waals surface area contributed by atoms with Gasteiger partial charge in [0, 0.05) is 25.7 Å². The van der Waals surface area contributed by atoms with Crippen molar-refractivity contribution < 1.29 is 4.79 Å². The summed E-state index contributed by atoms with van der Waals surface area (Å²) in [5.74, 6) is -0.0242. The molecule has 17 heavy (non-hydrogen) atoms. The van der Waals surface area contributed by atoms with Crippen LogP contribution in [0, 0.1) is 0 Å². The maximum Gasteiger partial charge on any atom is 0.216 e. The second-order valence-electron chi connectivity index (χ2n) is 3.66. The van der Waals surface area contributed by atoms with Crippen LogP contribution in [0.1, 0.15) is 6.92 Å². The highest BCUT2D eigenvalue weighted by Crippen LogP contribution is 2.27. The lowest BCUT2D eigenvalue weighted by molar-refractivity contribution is -0.118. The van der Waals surface area contributed by atoms with Gasteiger partial charge in [-0.3, -0.25) is 4.79 Å². The number of carbonyl (C=O) groups excluding carboxylic acids is 1. The zero-order chi connectivity index (χ0) is 12.3. The molecule has 6 heteroatoms. The van der Waals surface area contributed by atoms with E-state index >= 15 is 0 Å². The quantitative estimate of drug-likeness (QED) is 0.566. The molecule has 0 bridgehead atoms. The number of amides is 1. The molecule has 0 spiro atoms. The summed E-state index contributed by atoms with van der Waals surface area (Å²) in [6, 6.07) is 5.65. The van der Waals surface area contributed by atoms with Gasteiger partial charge >= 0.3 is 0 Å². The second-order valence-corrected chi connectivity index (χ2v) is 4.69.